The van der Waals surface area contributed by atoms with E-state index in [1.807, 2.05) is 24.3 Å². The fourth-order valence-corrected chi connectivity index (χ4v) is 1.63. The molecule has 0 aliphatic rings. The lowest BCUT2D eigenvalue weighted by molar-refractivity contribution is 0.409. The summed E-state index contributed by atoms with van der Waals surface area (Å²) in [5, 5.41) is 6.55. The van der Waals surface area contributed by atoms with Gasteiger partial charge >= 0.3 is 0 Å². The molecular formula is C14H23N3O. The van der Waals surface area contributed by atoms with E-state index in [0.29, 0.717) is 6.54 Å². The van der Waals surface area contributed by atoms with Crippen LogP contribution in [0, 0.1) is 0 Å². The Balaban J connectivity index is 2.47. The number of benzene rings is 1. The summed E-state index contributed by atoms with van der Waals surface area (Å²) in [6.45, 7) is 3.82. The molecule has 4 nitrogen and oxygen atoms in total. The first kappa shape index (κ1) is 14.4. The topological polar surface area (TPSA) is 45.7 Å². The van der Waals surface area contributed by atoms with E-state index in [1.165, 1.54) is 6.42 Å². The molecule has 1 aromatic rings. The second kappa shape index (κ2) is 8.39. The molecule has 0 amide bonds. The summed E-state index contributed by atoms with van der Waals surface area (Å²) in [6, 6.07) is 7.99. The third-order valence-corrected chi connectivity index (χ3v) is 2.69. The first-order valence-electron chi connectivity index (χ1n) is 6.38. The number of ether oxygens (including phenoxy) is 1. The SMILES string of the molecule is CCCCNC(=NC)NCc1ccccc1OC. The van der Waals surface area contributed by atoms with E-state index in [1.54, 1.807) is 14.2 Å². The van der Waals surface area contributed by atoms with Crippen molar-refractivity contribution in [3.8, 4) is 5.75 Å². The summed E-state index contributed by atoms with van der Waals surface area (Å²) >= 11 is 0. The highest BCUT2D eigenvalue weighted by atomic mass is 16.5. The van der Waals surface area contributed by atoms with E-state index >= 15 is 0 Å². The number of guanidine groups is 1. The highest BCUT2D eigenvalue weighted by molar-refractivity contribution is 5.79. The fourth-order valence-electron chi connectivity index (χ4n) is 1.63. The van der Waals surface area contributed by atoms with Gasteiger partial charge in [0.05, 0.1) is 7.11 Å². The van der Waals surface area contributed by atoms with Gasteiger partial charge in [0, 0.05) is 25.7 Å². The molecule has 0 fully saturated rings. The lowest BCUT2D eigenvalue weighted by Crippen LogP contribution is -2.37. The van der Waals surface area contributed by atoms with Gasteiger partial charge in [0.15, 0.2) is 5.96 Å². The Morgan fingerprint density at radius 1 is 1.28 bits per heavy atom. The molecule has 0 aromatic heterocycles. The first-order valence-corrected chi connectivity index (χ1v) is 6.38. The van der Waals surface area contributed by atoms with Gasteiger partial charge in [-0.15, -0.1) is 0 Å². The van der Waals surface area contributed by atoms with Crippen LogP contribution in [0.3, 0.4) is 0 Å². The van der Waals surface area contributed by atoms with Crippen LogP contribution < -0.4 is 15.4 Å². The molecule has 1 rings (SSSR count). The van der Waals surface area contributed by atoms with Gasteiger partial charge in [-0.1, -0.05) is 31.5 Å². The number of nitrogens with one attached hydrogen (secondary N) is 2. The third-order valence-electron chi connectivity index (χ3n) is 2.69. The molecule has 0 aliphatic heterocycles. The zero-order chi connectivity index (χ0) is 13.2. The van der Waals surface area contributed by atoms with Gasteiger partial charge in [0.2, 0.25) is 0 Å². The predicted molar refractivity (Wildman–Crippen MR) is 76.1 cm³/mol. The van der Waals surface area contributed by atoms with Crippen molar-refractivity contribution in [3.63, 3.8) is 0 Å². The van der Waals surface area contributed by atoms with Crippen molar-refractivity contribution < 1.29 is 4.74 Å². The standard InChI is InChI=1S/C14H23N3O/c1-4-5-10-16-14(15-2)17-11-12-8-6-7-9-13(12)18-3/h6-9H,4-5,10-11H2,1-3H3,(H2,15,16,17). The minimum absolute atomic E-state index is 0.704. The Bertz CT molecular complexity index is 377. The lowest BCUT2D eigenvalue weighted by Gasteiger charge is -2.13. The molecule has 18 heavy (non-hydrogen) atoms. The minimum Gasteiger partial charge on any atom is -0.496 e. The highest BCUT2D eigenvalue weighted by Crippen LogP contribution is 2.16. The number of hydrogen-bond donors (Lipinski definition) is 2. The largest absolute Gasteiger partial charge is 0.496 e. The molecule has 0 radical (unpaired) electrons. The van der Waals surface area contributed by atoms with Crippen LogP contribution in [0.1, 0.15) is 25.3 Å². The van der Waals surface area contributed by atoms with Gasteiger partial charge in [-0.2, -0.15) is 0 Å². The van der Waals surface area contributed by atoms with Crippen molar-refractivity contribution in [2.75, 3.05) is 20.7 Å². The maximum absolute atomic E-state index is 5.31. The number of hydrogen-bond acceptors (Lipinski definition) is 2. The molecule has 0 heterocycles. The van der Waals surface area contributed by atoms with E-state index in [2.05, 4.69) is 22.5 Å². The summed E-state index contributed by atoms with van der Waals surface area (Å²) in [4.78, 5) is 4.18. The summed E-state index contributed by atoms with van der Waals surface area (Å²) < 4.78 is 5.31. The Kier molecular flexibility index (Phi) is 6.69. The molecular weight excluding hydrogens is 226 g/mol. The van der Waals surface area contributed by atoms with Crippen molar-refractivity contribution >= 4 is 5.96 Å². The van der Waals surface area contributed by atoms with E-state index in [-0.39, 0.29) is 0 Å². The third kappa shape index (κ3) is 4.65. The van der Waals surface area contributed by atoms with Gasteiger partial charge < -0.3 is 15.4 Å². The van der Waals surface area contributed by atoms with E-state index in [9.17, 15) is 0 Å². The summed E-state index contributed by atoms with van der Waals surface area (Å²) in [6.07, 6.45) is 2.33. The number of nitrogens with zero attached hydrogens (tertiary/aromatic N) is 1. The molecule has 2 N–H and O–H groups in total. The quantitative estimate of drug-likeness (QED) is 0.461. The van der Waals surface area contributed by atoms with E-state index < -0.39 is 0 Å². The maximum Gasteiger partial charge on any atom is 0.191 e. The normalized spacial score (nSPS) is 11.2. The van der Waals surface area contributed by atoms with Gasteiger partial charge in [-0.05, 0) is 12.5 Å². The smallest absolute Gasteiger partial charge is 0.191 e. The Labute approximate surface area is 109 Å². The number of rotatable bonds is 6. The van der Waals surface area contributed by atoms with Crippen LogP contribution in [0.4, 0.5) is 0 Å². The van der Waals surface area contributed by atoms with Crippen LogP contribution in [0.15, 0.2) is 29.3 Å². The fraction of sp³-hybridized carbons (Fsp3) is 0.500. The second-order valence-corrected chi connectivity index (χ2v) is 4.02. The summed E-state index contributed by atoms with van der Waals surface area (Å²) in [5.41, 5.74) is 1.12. The van der Waals surface area contributed by atoms with Crippen molar-refractivity contribution in [1.82, 2.24) is 10.6 Å². The zero-order valence-electron chi connectivity index (χ0n) is 11.5. The predicted octanol–water partition coefficient (Wildman–Crippen LogP) is 2.16. The number of aliphatic imine (C=N–C) groups is 1. The molecule has 0 saturated carbocycles. The molecule has 0 saturated heterocycles. The highest BCUT2D eigenvalue weighted by Gasteiger charge is 2.02. The first-order chi connectivity index (χ1) is 8.81. The Morgan fingerprint density at radius 3 is 2.72 bits per heavy atom. The van der Waals surface area contributed by atoms with Gasteiger partial charge in [-0.25, -0.2) is 0 Å². The molecule has 1 aromatic carbocycles. The van der Waals surface area contributed by atoms with Crippen LogP contribution >= 0.6 is 0 Å². The molecule has 0 spiro atoms. The van der Waals surface area contributed by atoms with Gasteiger partial charge in [0.1, 0.15) is 5.75 Å². The molecule has 4 heteroatoms. The number of methoxy groups -OCH3 is 1. The van der Waals surface area contributed by atoms with Crippen LogP contribution in [0.2, 0.25) is 0 Å². The minimum atomic E-state index is 0.704. The average Bonchev–Trinajstić information content (AvgIpc) is 2.43. The van der Waals surface area contributed by atoms with Crippen LogP contribution in [0.25, 0.3) is 0 Å². The number of unbranched alkanes of at least 4 members (excludes halogenated alkanes) is 1. The Hall–Kier alpha value is -1.71. The van der Waals surface area contributed by atoms with Crippen molar-refractivity contribution in [1.29, 1.82) is 0 Å². The second-order valence-electron chi connectivity index (χ2n) is 4.02. The van der Waals surface area contributed by atoms with Gasteiger partial charge in [-0.3, -0.25) is 4.99 Å². The lowest BCUT2D eigenvalue weighted by atomic mass is 10.2. The maximum atomic E-state index is 5.31. The van der Waals surface area contributed by atoms with Crippen LogP contribution in [0.5, 0.6) is 5.75 Å². The molecule has 0 atom stereocenters. The number of para-hydroxylation sites is 1. The molecule has 100 valence electrons. The zero-order valence-corrected chi connectivity index (χ0v) is 11.5. The van der Waals surface area contributed by atoms with Crippen molar-refractivity contribution in [2.24, 2.45) is 4.99 Å². The van der Waals surface area contributed by atoms with E-state index in [4.69, 9.17) is 4.74 Å². The van der Waals surface area contributed by atoms with E-state index in [0.717, 1.165) is 30.2 Å². The van der Waals surface area contributed by atoms with Crippen molar-refractivity contribution in [3.05, 3.63) is 29.8 Å². The average molecular weight is 249 g/mol. The van der Waals surface area contributed by atoms with Crippen LogP contribution in [-0.2, 0) is 6.54 Å². The molecule has 0 aliphatic carbocycles. The summed E-state index contributed by atoms with van der Waals surface area (Å²) in [7, 11) is 3.47. The molecule has 0 unspecified atom stereocenters. The van der Waals surface area contributed by atoms with Crippen LogP contribution in [-0.4, -0.2) is 26.7 Å². The van der Waals surface area contributed by atoms with Crippen molar-refractivity contribution in [2.45, 2.75) is 26.3 Å². The molecule has 0 bridgehead atoms. The Morgan fingerprint density at radius 2 is 2.06 bits per heavy atom. The summed E-state index contributed by atoms with van der Waals surface area (Å²) in [5.74, 6) is 1.73. The monoisotopic (exact) mass is 249 g/mol. The van der Waals surface area contributed by atoms with Gasteiger partial charge in [0.25, 0.3) is 0 Å².